The van der Waals surface area contributed by atoms with Crippen LogP contribution in [0.25, 0.3) is 32.9 Å². The number of carbonyl (C=O) groups excluding carboxylic acids is 1. The maximum atomic E-state index is 12.8. The molecule has 1 amide bonds. The molecule has 5 rings (SSSR count). The van der Waals surface area contributed by atoms with Crippen LogP contribution in [0.4, 0.5) is 11.4 Å². The van der Waals surface area contributed by atoms with E-state index in [2.05, 4.69) is 25.6 Å². The Hall–Kier alpha value is -4.07. The number of anilines is 2. The monoisotopic (exact) mass is 385 g/mol. The number of fused-ring (bicyclic) bond motifs is 2. The molecular formula is C21H19N7O. The highest BCUT2D eigenvalue weighted by molar-refractivity contribution is 6.10. The fraction of sp³-hybridized carbons (Fsp3) is 0.0952. The zero-order chi connectivity index (χ0) is 20.1. The number of nitrogens with two attached hydrogens (primary N) is 1. The van der Waals surface area contributed by atoms with E-state index >= 15 is 0 Å². The van der Waals surface area contributed by atoms with Gasteiger partial charge in [0.05, 0.1) is 17.4 Å². The number of carbonyl (C=O) groups is 1. The molecule has 8 heteroatoms. The molecule has 5 N–H and O–H groups in total. The van der Waals surface area contributed by atoms with Crippen molar-refractivity contribution < 1.29 is 4.79 Å². The Kier molecular flexibility index (Phi) is 3.67. The molecule has 0 aliphatic rings. The fourth-order valence-electron chi connectivity index (χ4n) is 3.75. The topological polar surface area (TPSA) is 117 Å². The van der Waals surface area contributed by atoms with Gasteiger partial charge in [0.2, 0.25) is 0 Å². The first-order chi connectivity index (χ1) is 14.0. The van der Waals surface area contributed by atoms with Gasteiger partial charge in [-0.15, -0.1) is 0 Å². The van der Waals surface area contributed by atoms with E-state index < -0.39 is 0 Å². The highest BCUT2D eigenvalue weighted by Gasteiger charge is 2.17. The molecule has 29 heavy (non-hydrogen) atoms. The predicted molar refractivity (Wildman–Crippen MR) is 114 cm³/mol. The number of rotatable bonds is 3. The smallest absolute Gasteiger partial charge is 0.276 e. The molecule has 0 aliphatic carbocycles. The Bertz CT molecular complexity index is 1390. The second-order valence-corrected chi connectivity index (χ2v) is 7.15. The van der Waals surface area contributed by atoms with Crippen LogP contribution in [0.15, 0.2) is 48.9 Å². The number of hydrogen-bond acceptors (Lipinski definition) is 4. The minimum atomic E-state index is -0.262. The lowest BCUT2D eigenvalue weighted by atomic mass is 9.99. The van der Waals surface area contributed by atoms with Crippen molar-refractivity contribution in [1.82, 2.24) is 25.0 Å². The van der Waals surface area contributed by atoms with E-state index in [1.165, 1.54) is 0 Å². The molecule has 8 nitrogen and oxygen atoms in total. The normalized spacial score (nSPS) is 11.4. The fourth-order valence-corrected chi connectivity index (χ4v) is 3.75. The summed E-state index contributed by atoms with van der Waals surface area (Å²) in [6, 6.07) is 9.79. The quantitative estimate of drug-likeness (QED) is 0.355. The summed E-state index contributed by atoms with van der Waals surface area (Å²) in [6.45, 7) is 1.86. The third-order valence-electron chi connectivity index (χ3n) is 5.04. The number of nitrogen functional groups attached to an aromatic ring is 1. The second kappa shape index (κ2) is 6.23. The van der Waals surface area contributed by atoms with Crippen LogP contribution in [0.2, 0.25) is 0 Å². The number of aryl methyl sites for hydroxylation is 2. The van der Waals surface area contributed by atoms with Crippen molar-refractivity contribution in [3.8, 4) is 11.1 Å². The zero-order valence-corrected chi connectivity index (χ0v) is 15.9. The maximum absolute atomic E-state index is 12.8. The van der Waals surface area contributed by atoms with Crippen LogP contribution in [0.5, 0.6) is 0 Å². The van der Waals surface area contributed by atoms with Gasteiger partial charge < -0.3 is 16.0 Å². The average Bonchev–Trinajstić information content (AvgIpc) is 3.40. The number of aromatic amines is 2. The summed E-state index contributed by atoms with van der Waals surface area (Å²) in [6.07, 6.45) is 5.40. The molecule has 0 aliphatic heterocycles. The Morgan fingerprint density at radius 3 is 2.83 bits per heavy atom. The van der Waals surface area contributed by atoms with Gasteiger partial charge in [-0.2, -0.15) is 10.2 Å². The number of nitrogens with zero attached hydrogens (tertiary/aromatic N) is 3. The highest BCUT2D eigenvalue weighted by atomic mass is 16.2. The summed E-state index contributed by atoms with van der Waals surface area (Å²) >= 11 is 0. The first-order valence-corrected chi connectivity index (χ1v) is 9.15. The molecule has 0 fully saturated rings. The van der Waals surface area contributed by atoms with Crippen molar-refractivity contribution in [2.24, 2.45) is 7.05 Å². The summed E-state index contributed by atoms with van der Waals surface area (Å²) < 4.78 is 1.63. The maximum Gasteiger partial charge on any atom is 0.276 e. The van der Waals surface area contributed by atoms with E-state index in [4.69, 9.17) is 5.73 Å². The van der Waals surface area contributed by atoms with Crippen LogP contribution < -0.4 is 11.1 Å². The Morgan fingerprint density at radius 2 is 2.03 bits per heavy atom. The van der Waals surface area contributed by atoms with Gasteiger partial charge in [-0.1, -0.05) is 0 Å². The molecule has 144 valence electrons. The molecule has 2 aromatic carbocycles. The number of H-pyrrole nitrogens is 2. The van der Waals surface area contributed by atoms with E-state index in [9.17, 15) is 4.79 Å². The summed E-state index contributed by atoms with van der Waals surface area (Å²) in [5.41, 5.74) is 12.3. The van der Waals surface area contributed by atoms with Crippen LogP contribution in [0.1, 0.15) is 16.1 Å². The lowest BCUT2D eigenvalue weighted by Crippen LogP contribution is -2.14. The van der Waals surface area contributed by atoms with Crippen molar-refractivity contribution in [2.45, 2.75) is 6.92 Å². The number of aromatic nitrogens is 5. The minimum absolute atomic E-state index is 0.262. The van der Waals surface area contributed by atoms with Crippen molar-refractivity contribution in [3.05, 3.63) is 60.2 Å². The van der Waals surface area contributed by atoms with Gasteiger partial charge in [0.15, 0.2) is 5.69 Å². The standard InChI is InChI=1S/C21H19N7O/c1-11-10-28(2)27-20(11)21(29)25-18-5-12(6-19-16(18)9-24-26-19)15-7-13(22)8-17-14(15)3-4-23-17/h3-10,23H,22H2,1-2H3,(H,24,26)(H,25,29). The summed E-state index contributed by atoms with van der Waals surface area (Å²) in [5, 5.41) is 16.3. The van der Waals surface area contributed by atoms with Crippen molar-refractivity contribution in [1.29, 1.82) is 0 Å². The third kappa shape index (κ3) is 2.82. The summed E-state index contributed by atoms with van der Waals surface area (Å²) in [4.78, 5) is 16.0. The van der Waals surface area contributed by atoms with Gasteiger partial charge in [0.25, 0.3) is 5.91 Å². The first kappa shape index (κ1) is 17.1. The van der Waals surface area contributed by atoms with Gasteiger partial charge in [-0.05, 0) is 48.4 Å². The van der Waals surface area contributed by atoms with Crippen LogP contribution in [0, 0.1) is 6.92 Å². The molecular weight excluding hydrogens is 366 g/mol. The molecule has 3 aromatic heterocycles. The van der Waals surface area contributed by atoms with E-state index in [1.54, 1.807) is 17.9 Å². The molecule has 0 atom stereocenters. The van der Waals surface area contributed by atoms with E-state index in [0.29, 0.717) is 17.1 Å². The SMILES string of the molecule is Cc1cn(C)nc1C(=O)Nc1cc(-c2cc(N)cc3[nH]ccc23)cc2[nH]ncc12. The van der Waals surface area contributed by atoms with Gasteiger partial charge in [0, 0.05) is 47.0 Å². The lowest BCUT2D eigenvalue weighted by molar-refractivity contribution is 0.102. The van der Waals surface area contributed by atoms with Crippen molar-refractivity contribution in [3.63, 3.8) is 0 Å². The largest absolute Gasteiger partial charge is 0.399 e. The average molecular weight is 385 g/mol. The summed E-state index contributed by atoms with van der Waals surface area (Å²) in [5.74, 6) is -0.262. The van der Waals surface area contributed by atoms with Crippen LogP contribution in [0.3, 0.4) is 0 Å². The Morgan fingerprint density at radius 1 is 1.17 bits per heavy atom. The van der Waals surface area contributed by atoms with Gasteiger partial charge in [-0.3, -0.25) is 14.6 Å². The molecule has 3 heterocycles. The predicted octanol–water partition coefficient (Wildman–Crippen LogP) is 3.59. The Labute approximate surface area is 165 Å². The van der Waals surface area contributed by atoms with Gasteiger partial charge >= 0.3 is 0 Å². The van der Waals surface area contributed by atoms with Crippen molar-refractivity contribution >= 4 is 39.1 Å². The number of nitrogens with one attached hydrogen (secondary N) is 3. The third-order valence-corrected chi connectivity index (χ3v) is 5.04. The van der Waals surface area contributed by atoms with E-state index in [1.807, 2.05) is 49.6 Å². The van der Waals surface area contributed by atoms with Crippen LogP contribution in [-0.2, 0) is 7.05 Å². The van der Waals surface area contributed by atoms with Crippen molar-refractivity contribution in [2.75, 3.05) is 11.1 Å². The first-order valence-electron chi connectivity index (χ1n) is 9.15. The molecule has 0 bridgehead atoms. The van der Waals surface area contributed by atoms with Crippen LogP contribution >= 0.6 is 0 Å². The zero-order valence-electron chi connectivity index (χ0n) is 15.9. The second-order valence-electron chi connectivity index (χ2n) is 7.15. The lowest BCUT2D eigenvalue weighted by Gasteiger charge is -2.11. The van der Waals surface area contributed by atoms with E-state index in [0.717, 1.165) is 38.5 Å². The minimum Gasteiger partial charge on any atom is -0.399 e. The molecule has 0 saturated heterocycles. The van der Waals surface area contributed by atoms with Gasteiger partial charge in [-0.25, -0.2) is 0 Å². The van der Waals surface area contributed by atoms with Crippen LogP contribution in [-0.4, -0.2) is 30.9 Å². The number of hydrogen-bond donors (Lipinski definition) is 4. The number of amides is 1. The molecule has 0 saturated carbocycles. The molecule has 5 aromatic rings. The molecule has 0 radical (unpaired) electrons. The highest BCUT2D eigenvalue weighted by Crippen LogP contribution is 2.35. The van der Waals surface area contributed by atoms with Gasteiger partial charge in [0.1, 0.15) is 0 Å². The number of benzene rings is 2. The summed E-state index contributed by atoms with van der Waals surface area (Å²) in [7, 11) is 1.79. The molecule has 0 spiro atoms. The molecule has 0 unspecified atom stereocenters. The Balaban J connectivity index is 1.65. The van der Waals surface area contributed by atoms with E-state index in [-0.39, 0.29) is 5.91 Å².